The fraction of sp³-hybridized carbons (Fsp3) is 0.190. The molecule has 14 nitrogen and oxygen atoms in total. The van der Waals surface area contributed by atoms with Gasteiger partial charge in [-0.25, -0.2) is 13.2 Å². The average molecular weight is 855 g/mol. The molecule has 7 rings (SSSR count). The number of anilines is 3. The molecule has 59 heavy (non-hydrogen) atoms. The number of hydrogen-bond donors (Lipinski definition) is 5. The number of amides is 2. The zero-order valence-electron chi connectivity index (χ0n) is 31.4. The number of alkyl carbamates (subject to hydrolysis) is 1. The summed E-state index contributed by atoms with van der Waals surface area (Å²) in [4.78, 5) is 52.5. The van der Waals surface area contributed by atoms with Crippen molar-refractivity contribution < 1.29 is 45.3 Å². The van der Waals surface area contributed by atoms with Gasteiger partial charge in [-0.05, 0) is 64.9 Å². The predicted octanol–water partition coefficient (Wildman–Crippen LogP) is 5.58. The third-order valence-corrected chi connectivity index (χ3v) is 13.4. The van der Waals surface area contributed by atoms with Crippen molar-refractivity contribution in [3.8, 4) is 11.1 Å². The lowest BCUT2D eigenvalue weighted by Crippen LogP contribution is -2.48. The van der Waals surface area contributed by atoms with Crippen LogP contribution in [-0.2, 0) is 29.5 Å². The number of fused-ring (bicyclic) bond motifs is 5. The number of thioether (sulfide) groups is 1. The molecule has 2 aliphatic carbocycles. The SMILES string of the molecule is CSCCC(NC(=O)OCC1c2ccccc2-c2ccccc21)C(=O)NCCS(=O)(=O)c1cccc(Nc2cc(S(=O)(=O)O)c(N)c3c2C(=O)c2ccccc2C3=O)c1. The largest absolute Gasteiger partial charge is 0.449 e. The summed E-state index contributed by atoms with van der Waals surface area (Å²) in [5.41, 5.74) is 8.93. The summed E-state index contributed by atoms with van der Waals surface area (Å²) in [6.07, 6.45) is 1.32. The Morgan fingerprint density at radius 1 is 0.814 bits per heavy atom. The van der Waals surface area contributed by atoms with E-state index in [0.29, 0.717) is 5.75 Å². The highest BCUT2D eigenvalue weighted by atomic mass is 32.2. The van der Waals surface area contributed by atoms with Crippen molar-refractivity contribution in [3.05, 3.63) is 137 Å². The molecule has 0 saturated carbocycles. The molecule has 0 heterocycles. The molecule has 5 aromatic carbocycles. The van der Waals surface area contributed by atoms with Crippen LogP contribution in [0.15, 0.2) is 113 Å². The summed E-state index contributed by atoms with van der Waals surface area (Å²) < 4.78 is 67.3. The maximum absolute atomic E-state index is 13.7. The van der Waals surface area contributed by atoms with Crippen molar-refractivity contribution >= 4 is 72.3 Å². The van der Waals surface area contributed by atoms with E-state index in [1.807, 2.05) is 54.8 Å². The minimum atomic E-state index is -4.98. The van der Waals surface area contributed by atoms with Crippen molar-refractivity contribution in [2.75, 3.05) is 42.0 Å². The number of ketones is 2. The van der Waals surface area contributed by atoms with Gasteiger partial charge in [-0.1, -0.05) is 78.9 Å². The zero-order chi connectivity index (χ0) is 42.1. The van der Waals surface area contributed by atoms with E-state index in [1.165, 1.54) is 54.2 Å². The number of hydrogen-bond acceptors (Lipinski definition) is 12. The lowest BCUT2D eigenvalue weighted by Gasteiger charge is -2.23. The predicted molar refractivity (Wildman–Crippen MR) is 224 cm³/mol. The molecule has 5 aromatic rings. The molecule has 1 unspecified atom stereocenters. The van der Waals surface area contributed by atoms with Crippen LogP contribution in [0.4, 0.5) is 21.9 Å². The number of nitrogen functional groups attached to an aromatic ring is 1. The second kappa shape index (κ2) is 16.7. The van der Waals surface area contributed by atoms with Crippen LogP contribution in [0, 0.1) is 0 Å². The van der Waals surface area contributed by atoms with Crippen LogP contribution in [0.1, 0.15) is 55.3 Å². The summed E-state index contributed by atoms with van der Waals surface area (Å²) in [6, 6.07) is 27.0. The Morgan fingerprint density at radius 3 is 2.02 bits per heavy atom. The normalized spacial score (nSPS) is 13.7. The van der Waals surface area contributed by atoms with E-state index in [4.69, 9.17) is 10.5 Å². The minimum Gasteiger partial charge on any atom is -0.449 e. The van der Waals surface area contributed by atoms with Gasteiger partial charge < -0.3 is 26.4 Å². The number of sulfone groups is 1. The van der Waals surface area contributed by atoms with Crippen LogP contribution in [0.3, 0.4) is 0 Å². The molecular weight excluding hydrogens is 817 g/mol. The Morgan fingerprint density at radius 2 is 1.41 bits per heavy atom. The molecule has 1 atom stereocenters. The molecule has 0 fully saturated rings. The molecular formula is C42H38N4O10S3. The van der Waals surface area contributed by atoms with Crippen molar-refractivity contribution in [1.82, 2.24) is 10.6 Å². The van der Waals surface area contributed by atoms with E-state index < -0.39 is 71.5 Å². The third kappa shape index (κ3) is 8.32. The number of benzene rings is 5. The standard InChI is InChI=1S/C42H38N4O10S3/c1-57-19-17-33(46-42(50)56-23-32-28-13-4-2-11-26(28)27-12-3-5-14-29(27)32)41(49)44-18-20-58(51,52)25-10-8-9-24(21-25)45-34-22-35(59(53,54)55)38(43)37-36(34)39(47)30-15-6-7-16-31(30)40(37)48/h2-16,21-22,32-33,45H,17-20,23,43H2,1H3,(H,44,49)(H,46,50)(H,53,54,55). The van der Waals surface area contributed by atoms with Gasteiger partial charge in [-0.15, -0.1) is 0 Å². The van der Waals surface area contributed by atoms with Crippen LogP contribution in [0.25, 0.3) is 11.1 Å². The fourth-order valence-electron chi connectivity index (χ4n) is 7.37. The van der Waals surface area contributed by atoms with Gasteiger partial charge in [0.05, 0.1) is 33.2 Å². The van der Waals surface area contributed by atoms with Gasteiger partial charge in [-0.3, -0.25) is 18.9 Å². The minimum absolute atomic E-state index is 0.00101. The van der Waals surface area contributed by atoms with Gasteiger partial charge in [0.1, 0.15) is 17.5 Å². The van der Waals surface area contributed by atoms with E-state index in [9.17, 15) is 40.6 Å². The topological polar surface area (TPSA) is 228 Å². The van der Waals surface area contributed by atoms with Gasteiger partial charge in [0.15, 0.2) is 21.4 Å². The Labute approximate surface area is 344 Å². The molecule has 0 aromatic heterocycles. The second-order valence-electron chi connectivity index (χ2n) is 13.8. The number of rotatable bonds is 14. The molecule has 0 spiro atoms. The quantitative estimate of drug-likeness (QED) is 0.0667. The molecule has 0 radical (unpaired) electrons. The van der Waals surface area contributed by atoms with Crippen LogP contribution < -0.4 is 21.7 Å². The zero-order valence-corrected chi connectivity index (χ0v) is 33.9. The summed E-state index contributed by atoms with van der Waals surface area (Å²) in [6.45, 7) is -0.256. The third-order valence-electron chi connectivity index (χ3n) is 10.2. The number of nitrogens with two attached hydrogens (primary N) is 1. The fourth-order valence-corrected chi connectivity index (χ4v) is 9.68. The second-order valence-corrected chi connectivity index (χ2v) is 18.3. The average Bonchev–Trinajstić information content (AvgIpc) is 3.54. The van der Waals surface area contributed by atoms with Gasteiger partial charge in [0, 0.05) is 29.3 Å². The smallest absolute Gasteiger partial charge is 0.407 e. The van der Waals surface area contributed by atoms with E-state index in [2.05, 4.69) is 16.0 Å². The maximum atomic E-state index is 13.7. The van der Waals surface area contributed by atoms with E-state index in [0.717, 1.165) is 28.3 Å². The van der Waals surface area contributed by atoms with Gasteiger partial charge in [0.25, 0.3) is 10.1 Å². The summed E-state index contributed by atoms with van der Waals surface area (Å²) in [7, 11) is -9.05. The summed E-state index contributed by atoms with van der Waals surface area (Å²) in [5.74, 6) is -2.16. The first-order valence-electron chi connectivity index (χ1n) is 18.3. The molecule has 0 aliphatic heterocycles. The van der Waals surface area contributed by atoms with E-state index in [-0.39, 0.29) is 58.5 Å². The number of carbonyl (C=O) groups is 4. The number of nitrogens with one attached hydrogen (secondary N) is 3. The monoisotopic (exact) mass is 854 g/mol. The first-order valence-corrected chi connectivity index (χ1v) is 22.8. The lowest BCUT2D eigenvalue weighted by molar-refractivity contribution is -0.123. The molecule has 304 valence electrons. The Kier molecular flexibility index (Phi) is 11.6. The molecule has 0 bridgehead atoms. The number of carbonyl (C=O) groups excluding carboxylic acids is 4. The van der Waals surface area contributed by atoms with Crippen LogP contribution in [-0.4, -0.2) is 81.9 Å². The van der Waals surface area contributed by atoms with Crippen molar-refractivity contribution in [3.63, 3.8) is 0 Å². The van der Waals surface area contributed by atoms with E-state index >= 15 is 0 Å². The van der Waals surface area contributed by atoms with Gasteiger partial charge >= 0.3 is 6.09 Å². The van der Waals surface area contributed by atoms with Crippen LogP contribution in [0.5, 0.6) is 0 Å². The Hall–Kier alpha value is -6.01. The van der Waals surface area contributed by atoms with Crippen LogP contribution in [0.2, 0.25) is 0 Å². The van der Waals surface area contributed by atoms with Crippen molar-refractivity contribution in [1.29, 1.82) is 0 Å². The highest BCUT2D eigenvalue weighted by molar-refractivity contribution is 7.98. The van der Waals surface area contributed by atoms with E-state index in [1.54, 1.807) is 6.07 Å². The van der Waals surface area contributed by atoms with Crippen molar-refractivity contribution in [2.45, 2.75) is 28.2 Å². The highest BCUT2D eigenvalue weighted by Crippen LogP contribution is 2.45. The molecule has 0 saturated heterocycles. The lowest BCUT2D eigenvalue weighted by atomic mass is 9.82. The molecule has 6 N–H and O–H groups in total. The van der Waals surface area contributed by atoms with Gasteiger partial charge in [-0.2, -0.15) is 20.2 Å². The Balaban J connectivity index is 1.02. The first-order chi connectivity index (χ1) is 28.2. The maximum Gasteiger partial charge on any atom is 0.407 e. The van der Waals surface area contributed by atoms with Crippen molar-refractivity contribution in [2.24, 2.45) is 0 Å². The summed E-state index contributed by atoms with van der Waals surface area (Å²) >= 11 is 1.47. The molecule has 2 aliphatic rings. The molecule has 2 amide bonds. The molecule has 17 heteroatoms. The van der Waals surface area contributed by atoms with Crippen LogP contribution >= 0.6 is 11.8 Å². The van der Waals surface area contributed by atoms with Gasteiger partial charge in [0.2, 0.25) is 5.91 Å². The first kappa shape index (κ1) is 41.2. The summed E-state index contributed by atoms with van der Waals surface area (Å²) in [5, 5.41) is 8.07. The number of ether oxygens (including phenoxy) is 1. The Bertz CT molecular complexity index is 2710. The highest BCUT2D eigenvalue weighted by Gasteiger charge is 2.37.